The molecule has 0 saturated heterocycles. The van der Waals surface area contributed by atoms with Crippen LogP contribution in [0.15, 0.2) is 59.7 Å². The van der Waals surface area contributed by atoms with Gasteiger partial charge in [-0.1, -0.05) is 0 Å². The van der Waals surface area contributed by atoms with E-state index in [9.17, 15) is 0 Å². The standard InChI is InChI=1S/2C13H15.Fe/c2*1-3-10-9-11-7-5-6-8-13(11)12(10)4-2;/h2*5-9H,3-4H2,1-2H3;. The summed E-state index contributed by atoms with van der Waals surface area (Å²) in [5.74, 6) is 0. The molecule has 0 fully saturated rings. The molecule has 4 rings (SSSR count). The van der Waals surface area contributed by atoms with Crippen LogP contribution in [0.4, 0.5) is 0 Å². The normalized spacial score (nSPS) is 25.9. The Hall–Kier alpha value is -1.56. The maximum atomic E-state index is 2.48. The number of rotatable bonds is 6. The van der Waals surface area contributed by atoms with Crippen LogP contribution in [0.2, 0.25) is 0 Å². The van der Waals surface area contributed by atoms with Gasteiger partial charge in [-0.25, -0.2) is 0 Å². The molecule has 0 N–H and O–H groups in total. The maximum absolute atomic E-state index is 2.48. The third kappa shape index (κ3) is 2.63. The molecule has 0 amide bonds. The average molecular weight is 398 g/mol. The Morgan fingerprint density at radius 1 is 0.630 bits per heavy atom. The van der Waals surface area contributed by atoms with Crippen molar-refractivity contribution >= 4 is 12.2 Å². The third-order valence-electron chi connectivity index (χ3n) is 6.44. The summed E-state index contributed by atoms with van der Waals surface area (Å²) in [7, 11) is 0. The molecule has 2 aromatic rings. The molecule has 2 aliphatic carbocycles. The van der Waals surface area contributed by atoms with E-state index in [1.165, 1.54) is 38.9 Å². The molecule has 2 aromatic carbocycles. The predicted octanol–water partition coefficient (Wildman–Crippen LogP) is 7.29. The molecule has 142 valence electrons. The van der Waals surface area contributed by atoms with E-state index < -0.39 is 0 Å². The quantitative estimate of drug-likeness (QED) is 0.448. The van der Waals surface area contributed by atoms with E-state index >= 15 is 0 Å². The molecule has 0 spiro atoms. The zero-order valence-corrected chi connectivity index (χ0v) is 18.1. The molecule has 0 aromatic heterocycles. The minimum absolute atomic E-state index is 0.160. The molecule has 0 saturated carbocycles. The van der Waals surface area contributed by atoms with Gasteiger partial charge < -0.3 is 0 Å². The summed E-state index contributed by atoms with van der Waals surface area (Å²) in [6, 6.07) is 18.2. The van der Waals surface area contributed by atoms with E-state index in [1.807, 2.05) is 0 Å². The molecular weight excluding hydrogens is 368 g/mol. The van der Waals surface area contributed by atoms with Crippen molar-refractivity contribution in [3.63, 3.8) is 0 Å². The van der Waals surface area contributed by atoms with Crippen molar-refractivity contribution < 1.29 is 15.0 Å². The van der Waals surface area contributed by atoms with Crippen molar-refractivity contribution in [3.05, 3.63) is 81.9 Å². The van der Waals surface area contributed by atoms with E-state index in [4.69, 9.17) is 0 Å². The van der Waals surface area contributed by atoms with Gasteiger partial charge in [0.15, 0.2) is 0 Å². The van der Waals surface area contributed by atoms with Crippen LogP contribution >= 0.6 is 0 Å². The van der Waals surface area contributed by atoms with Gasteiger partial charge in [-0.2, -0.15) is 0 Å². The first-order valence-electron chi connectivity index (χ1n) is 10.4. The van der Waals surface area contributed by atoms with Crippen molar-refractivity contribution in [2.75, 3.05) is 0 Å². The monoisotopic (exact) mass is 398 g/mol. The fourth-order valence-electron chi connectivity index (χ4n) is 5.09. The second-order valence-corrected chi connectivity index (χ2v) is 9.74. The zero-order chi connectivity index (χ0) is 19.1. The van der Waals surface area contributed by atoms with Gasteiger partial charge in [0.25, 0.3) is 0 Å². The van der Waals surface area contributed by atoms with Crippen LogP contribution in [0, 0.1) is 0 Å². The second-order valence-electron chi connectivity index (χ2n) is 7.58. The minimum atomic E-state index is 0.160. The summed E-state index contributed by atoms with van der Waals surface area (Å²) < 4.78 is 0.320. The molecule has 0 nitrogen and oxygen atoms in total. The van der Waals surface area contributed by atoms with Crippen LogP contribution in [0.5, 0.6) is 0 Å². The first-order chi connectivity index (χ1) is 13.1. The summed E-state index contributed by atoms with van der Waals surface area (Å²) in [4.78, 5) is 0. The van der Waals surface area contributed by atoms with E-state index in [1.54, 1.807) is 22.3 Å². The van der Waals surface area contributed by atoms with Gasteiger partial charge in [0, 0.05) is 0 Å². The summed E-state index contributed by atoms with van der Waals surface area (Å²) in [5.41, 5.74) is 9.23. The number of benzene rings is 2. The van der Waals surface area contributed by atoms with E-state index in [0.717, 1.165) is 12.8 Å². The van der Waals surface area contributed by atoms with Gasteiger partial charge in [-0.05, 0) is 0 Å². The van der Waals surface area contributed by atoms with Crippen LogP contribution in [-0.2, 0) is 23.6 Å². The Bertz CT molecular complexity index is 844. The van der Waals surface area contributed by atoms with Crippen molar-refractivity contribution in [1.82, 2.24) is 0 Å². The Kier molecular flexibility index (Phi) is 4.95. The van der Waals surface area contributed by atoms with Gasteiger partial charge in [-0.3, -0.25) is 0 Å². The molecule has 2 unspecified atom stereocenters. The van der Waals surface area contributed by atoms with Gasteiger partial charge in [0.2, 0.25) is 0 Å². The first-order valence-corrected chi connectivity index (χ1v) is 11.5. The molecule has 2 aliphatic rings. The molecule has 27 heavy (non-hydrogen) atoms. The summed E-state index contributed by atoms with van der Waals surface area (Å²) in [5, 5.41) is 0. The van der Waals surface area contributed by atoms with Crippen molar-refractivity contribution in [2.45, 2.75) is 62.0 Å². The summed E-state index contributed by atoms with van der Waals surface area (Å²) in [6.07, 6.45) is 9.58. The van der Waals surface area contributed by atoms with Crippen LogP contribution in [0.3, 0.4) is 0 Å². The number of hydrogen-bond acceptors (Lipinski definition) is 0. The average Bonchev–Trinajstić information content (AvgIpc) is 3.21. The van der Waals surface area contributed by atoms with Crippen LogP contribution in [0.25, 0.3) is 12.2 Å². The van der Waals surface area contributed by atoms with Gasteiger partial charge in [0.1, 0.15) is 0 Å². The Morgan fingerprint density at radius 3 is 1.41 bits per heavy atom. The van der Waals surface area contributed by atoms with Crippen molar-refractivity contribution in [3.8, 4) is 0 Å². The second kappa shape index (κ2) is 7.12. The SMILES string of the molecule is CCC1=Cc2ccccc2[C]1(CC)[Fe][C]1(CC)C(CC)=Cc2ccccc21. The van der Waals surface area contributed by atoms with Gasteiger partial charge >= 0.3 is 171 Å². The Labute approximate surface area is 170 Å². The summed E-state index contributed by atoms with van der Waals surface area (Å²) >= 11 is 1.19. The molecule has 0 bridgehead atoms. The van der Waals surface area contributed by atoms with Crippen molar-refractivity contribution in [2.24, 2.45) is 0 Å². The van der Waals surface area contributed by atoms with E-state index in [0.29, 0.717) is 0 Å². The van der Waals surface area contributed by atoms with Crippen LogP contribution in [-0.4, -0.2) is 0 Å². The first kappa shape index (κ1) is 18.8. The molecular formula is C26H30Fe. The predicted molar refractivity (Wildman–Crippen MR) is 113 cm³/mol. The summed E-state index contributed by atoms with van der Waals surface area (Å²) in [6.45, 7) is 9.45. The van der Waals surface area contributed by atoms with Crippen LogP contribution < -0.4 is 0 Å². The molecule has 2 atom stereocenters. The van der Waals surface area contributed by atoms with E-state index in [2.05, 4.69) is 88.4 Å². The fraction of sp³-hybridized carbons (Fsp3) is 0.385. The zero-order valence-electron chi connectivity index (χ0n) is 17.0. The Balaban J connectivity index is 1.90. The van der Waals surface area contributed by atoms with E-state index in [-0.39, 0.29) is 8.63 Å². The Morgan fingerprint density at radius 2 is 1.04 bits per heavy atom. The van der Waals surface area contributed by atoms with Gasteiger partial charge in [0.05, 0.1) is 0 Å². The van der Waals surface area contributed by atoms with Crippen molar-refractivity contribution in [1.29, 1.82) is 0 Å². The van der Waals surface area contributed by atoms with Gasteiger partial charge in [-0.15, -0.1) is 0 Å². The third-order valence-corrected chi connectivity index (χ3v) is 9.47. The number of hydrogen-bond donors (Lipinski definition) is 0. The molecule has 1 heteroatoms. The van der Waals surface area contributed by atoms with Crippen LogP contribution in [0.1, 0.15) is 75.6 Å². The molecule has 0 radical (unpaired) electrons. The molecule has 0 heterocycles. The fourth-order valence-corrected chi connectivity index (χ4v) is 7.98. The number of allylic oxidation sites excluding steroid dienone is 2. The topological polar surface area (TPSA) is 0 Å². The molecule has 0 aliphatic heterocycles. The number of fused-ring (bicyclic) bond motifs is 2.